The highest BCUT2D eigenvalue weighted by Crippen LogP contribution is 2.31. The Morgan fingerprint density at radius 3 is 2.91 bits per heavy atom. The lowest BCUT2D eigenvalue weighted by molar-refractivity contribution is -0.384. The minimum Gasteiger partial charge on any atom is -0.338 e. The number of nitro benzene ring substituents is 1. The number of likely N-dealkylation sites (N-methyl/N-ethyl adjacent to an activating group) is 1. The number of fused-ring (bicyclic) bond motifs is 1. The molecule has 1 aromatic rings. The Balaban J connectivity index is 1.69. The minimum absolute atomic E-state index is 0.0435. The zero-order valence-corrected chi connectivity index (χ0v) is 12.8. The van der Waals surface area contributed by atoms with Gasteiger partial charge in [-0.05, 0) is 37.9 Å². The fraction of sp³-hybridized carbons (Fsp3) is 0.562. The van der Waals surface area contributed by atoms with E-state index in [0.717, 1.165) is 32.5 Å². The van der Waals surface area contributed by atoms with Crippen molar-refractivity contribution >= 4 is 11.6 Å². The van der Waals surface area contributed by atoms with E-state index in [0.29, 0.717) is 17.5 Å². The van der Waals surface area contributed by atoms with E-state index in [1.165, 1.54) is 12.1 Å². The summed E-state index contributed by atoms with van der Waals surface area (Å²) in [6.45, 7) is 2.86. The largest absolute Gasteiger partial charge is 0.338 e. The van der Waals surface area contributed by atoms with E-state index >= 15 is 0 Å². The van der Waals surface area contributed by atoms with Gasteiger partial charge in [-0.25, -0.2) is 0 Å². The molecule has 22 heavy (non-hydrogen) atoms. The summed E-state index contributed by atoms with van der Waals surface area (Å²) in [6.07, 6.45) is 2.48. The molecule has 2 heterocycles. The molecule has 3 rings (SSSR count). The summed E-state index contributed by atoms with van der Waals surface area (Å²) in [7, 11) is 2.09. The quantitative estimate of drug-likeness (QED) is 0.629. The SMILES string of the molecule is CN1CCC2CCN(C(=O)Cc3cccc([N+](=O)[O-])c3)C2C1. The first kappa shape index (κ1) is 15.0. The van der Waals surface area contributed by atoms with Crippen LogP contribution in [-0.4, -0.2) is 53.4 Å². The molecule has 0 aliphatic carbocycles. The molecule has 0 aromatic heterocycles. The number of non-ortho nitro benzene ring substituents is 1. The lowest BCUT2D eigenvalue weighted by Gasteiger charge is -2.36. The van der Waals surface area contributed by atoms with Crippen LogP contribution >= 0.6 is 0 Å². The van der Waals surface area contributed by atoms with Gasteiger partial charge in [-0.2, -0.15) is 0 Å². The van der Waals surface area contributed by atoms with Gasteiger partial charge < -0.3 is 9.80 Å². The molecule has 2 aliphatic heterocycles. The molecular formula is C16H21N3O3. The number of hydrogen-bond acceptors (Lipinski definition) is 4. The second-order valence-corrected chi connectivity index (χ2v) is 6.36. The van der Waals surface area contributed by atoms with Gasteiger partial charge in [-0.15, -0.1) is 0 Å². The van der Waals surface area contributed by atoms with Crippen LogP contribution in [0.15, 0.2) is 24.3 Å². The summed E-state index contributed by atoms with van der Waals surface area (Å²) in [6, 6.07) is 6.69. The monoisotopic (exact) mass is 303 g/mol. The zero-order valence-electron chi connectivity index (χ0n) is 12.8. The number of carbonyl (C=O) groups excluding carboxylic acids is 1. The minimum atomic E-state index is -0.421. The number of piperidine rings is 1. The van der Waals surface area contributed by atoms with Crippen LogP contribution in [0.25, 0.3) is 0 Å². The van der Waals surface area contributed by atoms with Crippen molar-refractivity contribution in [3.63, 3.8) is 0 Å². The van der Waals surface area contributed by atoms with Gasteiger partial charge in [0.25, 0.3) is 5.69 Å². The molecule has 0 spiro atoms. The third-order valence-electron chi connectivity index (χ3n) is 4.86. The van der Waals surface area contributed by atoms with Crippen LogP contribution in [0, 0.1) is 16.0 Å². The number of rotatable bonds is 3. The number of carbonyl (C=O) groups is 1. The van der Waals surface area contributed by atoms with Crippen molar-refractivity contribution in [3.05, 3.63) is 39.9 Å². The van der Waals surface area contributed by atoms with Gasteiger partial charge >= 0.3 is 0 Å². The summed E-state index contributed by atoms with van der Waals surface area (Å²) < 4.78 is 0. The number of likely N-dealkylation sites (tertiary alicyclic amines) is 2. The summed E-state index contributed by atoms with van der Waals surface area (Å²) in [5, 5.41) is 10.8. The highest BCUT2D eigenvalue weighted by molar-refractivity contribution is 5.79. The number of hydrogen-bond donors (Lipinski definition) is 0. The lowest BCUT2D eigenvalue weighted by Crippen LogP contribution is -2.48. The number of amides is 1. The fourth-order valence-electron chi connectivity index (χ4n) is 3.66. The van der Waals surface area contributed by atoms with Crippen LogP contribution in [0.5, 0.6) is 0 Å². The van der Waals surface area contributed by atoms with Gasteiger partial charge in [0.2, 0.25) is 5.91 Å². The molecule has 118 valence electrons. The molecule has 2 unspecified atom stereocenters. The van der Waals surface area contributed by atoms with Crippen molar-refractivity contribution in [1.29, 1.82) is 0 Å². The summed E-state index contributed by atoms with van der Waals surface area (Å²) in [5.74, 6) is 0.702. The van der Waals surface area contributed by atoms with Gasteiger partial charge in [0.15, 0.2) is 0 Å². The van der Waals surface area contributed by atoms with E-state index in [1.807, 2.05) is 4.90 Å². The van der Waals surface area contributed by atoms with Crippen LogP contribution in [0.1, 0.15) is 18.4 Å². The molecule has 0 radical (unpaired) electrons. The molecule has 6 nitrogen and oxygen atoms in total. The Morgan fingerprint density at radius 1 is 1.36 bits per heavy atom. The van der Waals surface area contributed by atoms with E-state index in [4.69, 9.17) is 0 Å². The van der Waals surface area contributed by atoms with Crippen molar-refractivity contribution in [2.75, 3.05) is 26.7 Å². The topological polar surface area (TPSA) is 66.7 Å². The maximum absolute atomic E-state index is 12.6. The van der Waals surface area contributed by atoms with Crippen LogP contribution < -0.4 is 0 Å². The fourth-order valence-corrected chi connectivity index (χ4v) is 3.66. The zero-order chi connectivity index (χ0) is 15.7. The van der Waals surface area contributed by atoms with Crippen LogP contribution in [0.2, 0.25) is 0 Å². The third kappa shape index (κ3) is 2.97. The molecule has 0 saturated carbocycles. The predicted molar refractivity (Wildman–Crippen MR) is 82.5 cm³/mol. The van der Waals surface area contributed by atoms with Crippen molar-refractivity contribution in [1.82, 2.24) is 9.80 Å². The molecule has 2 aliphatic rings. The van der Waals surface area contributed by atoms with E-state index in [-0.39, 0.29) is 18.0 Å². The first-order chi connectivity index (χ1) is 10.5. The van der Waals surface area contributed by atoms with Gasteiger partial charge in [-0.3, -0.25) is 14.9 Å². The molecular weight excluding hydrogens is 282 g/mol. The van der Waals surface area contributed by atoms with Crippen molar-refractivity contribution in [3.8, 4) is 0 Å². The lowest BCUT2D eigenvalue weighted by atomic mass is 9.92. The molecule has 6 heteroatoms. The Kier molecular flexibility index (Phi) is 4.11. The molecule has 2 fully saturated rings. The smallest absolute Gasteiger partial charge is 0.269 e. The Bertz CT molecular complexity index is 590. The maximum Gasteiger partial charge on any atom is 0.269 e. The van der Waals surface area contributed by atoms with E-state index in [9.17, 15) is 14.9 Å². The van der Waals surface area contributed by atoms with Crippen LogP contribution in [-0.2, 0) is 11.2 Å². The number of nitro groups is 1. The van der Waals surface area contributed by atoms with Gasteiger partial charge in [0, 0.05) is 31.3 Å². The van der Waals surface area contributed by atoms with Gasteiger partial charge in [0.05, 0.1) is 11.3 Å². The average molecular weight is 303 g/mol. The third-order valence-corrected chi connectivity index (χ3v) is 4.86. The van der Waals surface area contributed by atoms with Gasteiger partial charge in [0.1, 0.15) is 0 Å². The van der Waals surface area contributed by atoms with E-state index in [2.05, 4.69) is 11.9 Å². The molecule has 1 amide bonds. The summed E-state index contributed by atoms with van der Waals surface area (Å²) >= 11 is 0. The standard InChI is InChI=1S/C16H21N3O3/c1-17-7-5-13-6-8-18(15(13)11-17)16(20)10-12-3-2-4-14(9-12)19(21)22/h2-4,9,13,15H,5-8,10-11H2,1H3. The second-order valence-electron chi connectivity index (χ2n) is 6.36. The van der Waals surface area contributed by atoms with Crippen molar-refractivity contribution < 1.29 is 9.72 Å². The Labute approximate surface area is 129 Å². The first-order valence-electron chi connectivity index (χ1n) is 7.76. The van der Waals surface area contributed by atoms with Crippen molar-refractivity contribution in [2.24, 2.45) is 5.92 Å². The molecule has 2 atom stereocenters. The first-order valence-corrected chi connectivity index (χ1v) is 7.76. The predicted octanol–water partition coefficient (Wildman–Crippen LogP) is 1.69. The summed E-state index contributed by atoms with van der Waals surface area (Å²) in [5.41, 5.74) is 0.758. The summed E-state index contributed by atoms with van der Waals surface area (Å²) in [4.78, 5) is 27.3. The molecule has 0 N–H and O–H groups in total. The maximum atomic E-state index is 12.6. The molecule has 2 saturated heterocycles. The van der Waals surface area contributed by atoms with Crippen LogP contribution in [0.3, 0.4) is 0 Å². The van der Waals surface area contributed by atoms with E-state index < -0.39 is 4.92 Å². The normalized spacial score (nSPS) is 25.0. The molecule has 1 aromatic carbocycles. The van der Waals surface area contributed by atoms with Crippen LogP contribution in [0.4, 0.5) is 5.69 Å². The highest BCUT2D eigenvalue weighted by Gasteiger charge is 2.39. The van der Waals surface area contributed by atoms with Gasteiger partial charge in [-0.1, -0.05) is 12.1 Å². The number of nitrogens with zero attached hydrogens (tertiary/aromatic N) is 3. The van der Waals surface area contributed by atoms with Crippen molar-refractivity contribution in [2.45, 2.75) is 25.3 Å². The highest BCUT2D eigenvalue weighted by atomic mass is 16.6. The average Bonchev–Trinajstić information content (AvgIpc) is 2.90. The Morgan fingerprint density at radius 2 is 2.14 bits per heavy atom. The van der Waals surface area contributed by atoms with E-state index in [1.54, 1.807) is 12.1 Å². The second kappa shape index (κ2) is 6.04. The Hall–Kier alpha value is -1.95. The molecule has 0 bridgehead atoms. The number of benzene rings is 1.